The quantitative estimate of drug-likeness (QED) is 0.383. The Morgan fingerprint density at radius 3 is 2.56 bits per heavy atom. The number of amides is 2. The number of likely N-dealkylation sites (tertiary alicyclic amines) is 1. The van der Waals surface area contributed by atoms with Gasteiger partial charge in [0.25, 0.3) is 0 Å². The van der Waals surface area contributed by atoms with Gasteiger partial charge in [0.1, 0.15) is 5.60 Å². The molecule has 3 N–H and O–H groups in total. The first-order valence-electron chi connectivity index (χ1n) is 5.32. The van der Waals surface area contributed by atoms with Crippen molar-refractivity contribution < 1.29 is 14.3 Å². The van der Waals surface area contributed by atoms with Crippen molar-refractivity contribution in [1.29, 1.82) is 0 Å². The molecule has 92 valence electrons. The molecule has 1 fully saturated rings. The van der Waals surface area contributed by atoms with Crippen LogP contribution in [0.15, 0.2) is 0 Å². The summed E-state index contributed by atoms with van der Waals surface area (Å²) in [6.45, 7) is 6.34. The van der Waals surface area contributed by atoms with Crippen LogP contribution in [-0.2, 0) is 9.53 Å². The average Bonchev–Trinajstić information content (AvgIpc) is 2.62. The van der Waals surface area contributed by atoms with Gasteiger partial charge in [-0.1, -0.05) is 0 Å². The van der Waals surface area contributed by atoms with Crippen LogP contribution < -0.4 is 11.3 Å². The van der Waals surface area contributed by atoms with E-state index in [0.717, 1.165) is 0 Å². The number of hydrogen-bond acceptors (Lipinski definition) is 4. The highest BCUT2D eigenvalue weighted by atomic mass is 16.6. The molecule has 1 aliphatic heterocycles. The van der Waals surface area contributed by atoms with Crippen LogP contribution in [0.5, 0.6) is 0 Å². The van der Waals surface area contributed by atoms with Gasteiger partial charge in [-0.25, -0.2) is 10.6 Å². The van der Waals surface area contributed by atoms with Crippen molar-refractivity contribution in [3.05, 3.63) is 0 Å². The summed E-state index contributed by atoms with van der Waals surface area (Å²) in [5.41, 5.74) is 1.59. The molecule has 0 spiro atoms. The number of nitrogens with two attached hydrogens (primary N) is 1. The topological polar surface area (TPSA) is 84.7 Å². The Morgan fingerprint density at radius 2 is 2.06 bits per heavy atom. The zero-order valence-corrected chi connectivity index (χ0v) is 9.95. The van der Waals surface area contributed by atoms with Crippen molar-refractivity contribution in [3.63, 3.8) is 0 Å². The normalized spacial score (nSPS) is 20.8. The average molecular weight is 229 g/mol. The molecule has 0 unspecified atom stereocenters. The van der Waals surface area contributed by atoms with Crippen LogP contribution in [0.25, 0.3) is 0 Å². The Morgan fingerprint density at radius 1 is 1.44 bits per heavy atom. The van der Waals surface area contributed by atoms with E-state index in [1.165, 1.54) is 4.90 Å². The Labute approximate surface area is 95.1 Å². The van der Waals surface area contributed by atoms with Gasteiger partial charge in [-0.3, -0.25) is 10.2 Å². The van der Waals surface area contributed by atoms with Crippen LogP contribution in [0.2, 0.25) is 0 Å². The third kappa shape index (κ3) is 3.37. The first-order valence-corrected chi connectivity index (χ1v) is 5.32. The standard InChI is InChI=1S/C10H19N3O3/c1-10(2,3)16-9(15)13-5-4-7(6-13)8(14)12-11/h7H,4-6,11H2,1-3H3,(H,12,14)/t7-/m0/s1. The molecule has 1 aliphatic rings. The SMILES string of the molecule is CC(C)(C)OC(=O)N1CC[C@H](C(=O)NN)C1. The third-order valence-electron chi connectivity index (χ3n) is 2.35. The minimum Gasteiger partial charge on any atom is -0.444 e. The zero-order chi connectivity index (χ0) is 12.3. The molecule has 1 rings (SSSR count). The molecule has 1 saturated heterocycles. The molecule has 1 atom stereocenters. The van der Waals surface area contributed by atoms with E-state index in [1.54, 1.807) is 0 Å². The smallest absolute Gasteiger partial charge is 0.410 e. The molecule has 0 bridgehead atoms. The van der Waals surface area contributed by atoms with Gasteiger partial charge in [0.2, 0.25) is 5.91 Å². The van der Waals surface area contributed by atoms with E-state index in [4.69, 9.17) is 10.6 Å². The van der Waals surface area contributed by atoms with E-state index in [0.29, 0.717) is 19.5 Å². The number of ether oxygens (including phenoxy) is 1. The molecular formula is C10H19N3O3. The molecule has 16 heavy (non-hydrogen) atoms. The number of hydrogen-bond donors (Lipinski definition) is 2. The van der Waals surface area contributed by atoms with Crippen LogP contribution in [0.4, 0.5) is 4.79 Å². The summed E-state index contributed by atoms with van der Waals surface area (Å²) in [6.07, 6.45) is 0.252. The molecule has 0 aliphatic carbocycles. The lowest BCUT2D eigenvalue weighted by Gasteiger charge is -2.24. The lowest BCUT2D eigenvalue weighted by Crippen LogP contribution is -2.39. The fraction of sp³-hybridized carbons (Fsp3) is 0.800. The maximum absolute atomic E-state index is 11.7. The maximum Gasteiger partial charge on any atom is 0.410 e. The highest BCUT2D eigenvalue weighted by molar-refractivity contribution is 5.80. The highest BCUT2D eigenvalue weighted by Crippen LogP contribution is 2.19. The molecule has 6 heteroatoms. The molecule has 6 nitrogen and oxygen atoms in total. The van der Waals surface area contributed by atoms with Crippen molar-refractivity contribution in [2.75, 3.05) is 13.1 Å². The number of nitrogens with one attached hydrogen (secondary N) is 1. The Bertz CT molecular complexity index is 286. The van der Waals surface area contributed by atoms with Gasteiger partial charge in [0.05, 0.1) is 5.92 Å². The van der Waals surface area contributed by atoms with Crippen LogP contribution in [0.1, 0.15) is 27.2 Å². The zero-order valence-electron chi connectivity index (χ0n) is 9.95. The Balaban J connectivity index is 2.47. The van der Waals surface area contributed by atoms with E-state index in [2.05, 4.69) is 5.43 Å². The van der Waals surface area contributed by atoms with Crippen LogP contribution >= 0.6 is 0 Å². The van der Waals surface area contributed by atoms with Crippen LogP contribution in [0, 0.1) is 5.92 Å². The van der Waals surface area contributed by atoms with Crippen LogP contribution in [0.3, 0.4) is 0 Å². The predicted octanol–water partition coefficient (Wildman–Crippen LogP) is 0.233. The van der Waals surface area contributed by atoms with Gasteiger partial charge < -0.3 is 9.64 Å². The first kappa shape index (κ1) is 12.8. The lowest BCUT2D eigenvalue weighted by atomic mass is 10.1. The van der Waals surface area contributed by atoms with Gasteiger partial charge in [0.15, 0.2) is 0 Å². The Kier molecular flexibility index (Phi) is 3.74. The molecule has 0 saturated carbocycles. The summed E-state index contributed by atoms with van der Waals surface area (Å²) in [7, 11) is 0. The fourth-order valence-corrected chi connectivity index (χ4v) is 1.58. The van der Waals surface area contributed by atoms with E-state index < -0.39 is 5.60 Å². The largest absolute Gasteiger partial charge is 0.444 e. The van der Waals surface area contributed by atoms with E-state index >= 15 is 0 Å². The second-order valence-electron chi connectivity index (χ2n) is 4.92. The lowest BCUT2D eigenvalue weighted by molar-refractivity contribution is -0.124. The highest BCUT2D eigenvalue weighted by Gasteiger charge is 2.32. The molecule has 0 aromatic rings. The molecule has 0 aromatic carbocycles. The van der Waals surface area contributed by atoms with Gasteiger partial charge in [-0.15, -0.1) is 0 Å². The first-order chi connectivity index (χ1) is 7.33. The molecule has 0 radical (unpaired) electrons. The molecular weight excluding hydrogens is 210 g/mol. The molecule has 2 amide bonds. The van der Waals surface area contributed by atoms with Crippen molar-refractivity contribution in [1.82, 2.24) is 10.3 Å². The van der Waals surface area contributed by atoms with Gasteiger partial charge >= 0.3 is 6.09 Å². The molecule has 0 aromatic heterocycles. The van der Waals surface area contributed by atoms with Crippen LogP contribution in [-0.4, -0.2) is 35.6 Å². The maximum atomic E-state index is 11.7. The van der Waals surface area contributed by atoms with Gasteiger partial charge in [0, 0.05) is 13.1 Å². The van der Waals surface area contributed by atoms with E-state index in [1.807, 2.05) is 20.8 Å². The Hall–Kier alpha value is -1.30. The van der Waals surface area contributed by atoms with Gasteiger partial charge in [-0.2, -0.15) is 0 Å². The second-order valence-corrected chi connectivity index (χ2v) is 4.92. The monoisotopic (exact) mass is 229 g/mol. The van der Waals surface area contributed by atoms with E-state index in [-0.39, 0.29) is 17.9 Å². The minimum absolute atomic E-state index is 0.225. The van der Waals surface area contributed by atoms with Crippen molar-refractivity contribution >= 4 is 12.0 Å². The van der Waals surface area contributed by atoms with Crippen molar-refractivity contribution in [3.8, 4) is 0 Å². The number of carbonyl (C=O) groups is 2. The van der Waals surface area contributed by atoms with Crippen molar-refractivity contribution in [2.24, 2.45) is 11.8 Å². The fourth-order valence-electron chi connectivity index (χ4n) is 1.58. The summed E-state index contributed by atoms with van der Waals surface area (Å²) >= 11 is 0. The second kappa shape index (κ2) is 4.69. The number of rotatable bonds is 1. The summed E-state index contributed by atoms with van der Waals surface area (Å²) in [5, 5.41) is 0. The summed E-state index contributed by atoms with van der Waals surface area (Å²) in [4.78, 5) is 24.4. The number of nitrogens with zero attached hydrogens (tertiary/aromatic N) is 1. The molecule has 1 heterocycles. The van der Waals surface area contributed by atoms with Gasteiger partial charge in [-0.05, 0) is 27.2 Å². The number of carbonyl (C=O) groups excluding carboxylic acids is 2. The van der Waals surface area contributed by atoms with E-state index in [9.17, 15) is 9.59 Å². The minimum atomic E-state index is -0.509. The van der Waals surface area contributed by atoms with Crippen molar-refractivity contribution in [2.45, 2.75) is 32.8 Å². The number of hydrazine groups is 1. The third-order valence-corrected chi connectivity index (χ3v) is 2.35. The summed E-state index contributed by atoms with van der Waals surface area (Å²) in [5.74, 6) is 4.59. The predicted molar refractivity (Wildman–Crippen MR) is 58.2 cm³/mol. The summed E-state index contributed by atoms with van der Waals surface area (Å²) < 4.78 is 5.21. The summed E-state index contributed by atoms with van der Waals surface area (Å²) in [6, 6.07) is 0.